The Kier molecular flexibility index (Phi) is 5.11. The van der Waals surface area contributed by atoms with Crippen LogP contribution in [-0.2, 0) is 4.79 Å². The Morgan fingerprint density at radius 1 is 1.39 bits per heavy atom. The average molecular weight is 250 g/mol. The van der Waals surface area contributed by atoms with Crippen molar-refractivity contribution in [3.63, 3.8) is 0 Å². The molecule has 1 aromatic carbocycles. The SMILES string of the molecule is CC(C)=CCOc1cc(F)cc(/C=C/C(=O)O)c1. The zero-order valence-electron chi connectivity index (χ0n) is 10.3. The van der Waals surface area contributed by atoms with Gasteiger partial charge in [0, 0.05) is 12.1 Å². The van der Waals surface area contributed by atoms with Gasteiger partial charge in [0.2, 0.25) is 0 Å². The smallest absolute Gasteiger partial charge is 0.328 e. The zero-order valence-corrected chi connectivity index (χ0v) is 10.3. The number of halogens is 1. The maximum Gasteiger partial charge on any atom is 0.328 e. The molecular weight excluding hydrogens is 235 g/mol. The lowest BCUT2D eigenvalue weighted by Gasteiger charge is -2.05. The summed E-state index contributed by atoms with van der Waals surface area (Å²) in [6, 6.07) is 4.09. The van der Waals surface area contributed by atoms with Crippen LogP contribution in [0.3, 0.4) is 0 Å². The van der Waals surface area contributed by atoms with E-state index in [1.54, 1.807) is 6.07 Å². The third-order valence-corrected chi connectivity index (χ3v) is 2.05. The van der Waals surface area contributed by atoms with Crippen LogP contribution < -0.4 is 4.74 Å². The summed E-state index contributed by atoms with van der Waals surface area (Å²) in [6.07, 6.45) is 4.14. The fraction of sp³-hybridized carbons (Fsp3) is 0.214. The van der Waals surface area contributed by atoms with E-state index in [4.69, 9.17) is 9.84 Å². The van der Waals surface area contributed by atoms with E-state index in [-0.39, 0.29) is 0 Å². The van der Waals surface area contributed by atoms with Crippen molar-refractivity contribution >= 4 is 12.0 Å². The molecule has 3 nitrogen and oxygen atoms in total. The quantitative estimate of drug-likeness (QED) is 0.644. The Morgan fingerprint density at radius 3 is 2.72 bits per heavy atom. The first-order chi connectivity index (χ1) is 8.47. The fourth-order valence-corrected chi connectivity index (χ4v) is 1.24. The highest BCUT2D eigenvalue weighted by Crippen LogP contribution is 2.17. The number of benzene rings is 1. The Bertz CT molecular complexity index is 486. The van der Waals surface area contributed by atoms with E-state index in [9.17, 15) is 9.18 Å². The summed E-state index contributed by atoms with van der Waals surface area (Å²) in [5, 5.41) is 8.50. The molecule has 1 aromatic rings. The van der Waals surface area contributed by atoms with Crippen LogP contribution in [-0.4, -0.2) is 17.7 Å². The molecule has 0 aliphatic carbocycles. The highest BCUT2D eigenvalue weighted by molar-refractivity contribution is 5.85. The molecule has 0 spiro atoms. The van der Waals surface area contributed by atoms with Gasteiger partial charge < -0.3 is 9.84 Å². The number of hydrogen-bond donors (Lipinski definition) is 1. The van der Waals surface area contributed by atoms with Gasteiger partial charge in [0.05, 0.1) is 0 Å². The molecule has 0 amide bonds. The van der Waals surface area contributed by atoms with Crippen molar-refractivity contribution in [2.24, 2.45) is 0 Å². The Balaban J connectivity index is 2.80. The second-order valence-electron chi connectivity index (χ2n) is 3.98. The highest BCUT2D eigenvalue weighted by atomic mass is 19.1. The average Bonchev–Trinajstić information content (AvgIpc) is 2.25. The van der Waals surface area contributed by atoms with Crippen LogP contribution in [0.15, 0.2) is 35.9 Å². The lowest BCUT2D eigenvalue weighted by Crippen LogP contribution is -1.95. The van der Waals surface area contributed by atoms with Gasteiger partial charge in [-0.2, -0.15) is 0 Å². The second-order valence-corrected chi connectivity index (χ2v) is 3.98. The monoisotopic (exact) mass is 250 g/mol. The zero-order chi connectivity index (χ0) is 13.5. The summed E-state index contributed by atoms with van der Waals surface area (Å²) in [4.78, 5) is 10.4. The standard InChI is InChI=1S/C14H15FO3/c1-10(2)5-6-18-13-8-11(3-4-14(16)17)7-12(15)9-13/h3-5,7-9H,6H2,1-2H3,(H,16,17)/b4-3+. The molecule has 0 saturated heterocycles. The van der Waals surface area contributed by atoms with Gasteiger partial charge in [0.25, 0.3) is 0 Å². The first kappa shape index (κ1) is 14.0. The van der Waals surface area contributed by atoms with E-state index >= 15 is 0 Å². The molecule has 0 radical (unpaired) electrons. The van der Waals surface area contributed by atoms with E-state index in [0.717, 1.165) is 11.6 Å². The van der Waals surface area contributed by atoms with Crippen LogP contribution in [0.1, 0.15) is 19.4 Å². The van der Waals surface area contributed by atoms with E-state index in [1.165, 1.54) is 18.2 Å². The van der Waals surface area contributed by atoms with Gasteiger partial charge >= 0.3 is 5.97 Å². The van der Waals surface area contributed by atoms with Gasteiger partial charge in [-0.05, 0) is 43.7 Å². The summed E-state index contributed by atoms with van der Waals surface area (Å²) >= 11 is 0. The van der Waals surface area contributed by atoms with Crippen LogP contribution in [0.4, 0.5) is 4.39 Å². The van der Waals surface area contributed by atoms with Crippen molar-refractivity contribution in [1.29, 1.82) is 0 Å². The maximum atomic E-state index is 13.3. The van der Waals surface area contributed by atoms with Crippen LogP contribution in [0.5, 0.6) is 5.75 Å². The van der Waals surface area contributed by atoms with Crippen molar-refractivity contribution < 1.29 is 19.0 Å². The number of rotatable bonds is 5. The van der Waals surface area contributed by atoms with Crippen LogP contribution in [0.2, 0.25) is 0 Å². The molecule has 0 saturated carbocycles. The Morgan fingerprint density at radius 2 is 2.11 bits per heavy atom. The molecule has 0 aliphatic rings. The molecule has 0 heterocycles. The number of hydrogen-bond acceptors (Lipinski definition) is 2. The molecular formula is C14H15FO3. The lowest BCUT2D eigenvalue weighted by molar-refractivity contribution is -0.131. The lowest BCUT2D eigenvalue weighted by atomic mass is 10.2. The minimum Gasteiger partial charge on any atom is -0.489 e. The van der Waals surface area contributed by atoms with E-state index in [2.05, 4.69) is 0 Å². The molecule has 1 rings (SSSR count). The first-order valence-electron chi connectivity index (χ1n) is 5.45. The predicted octanol–water partition coefficient (Wildman–Crippen LogP) is 3.27. The molecule has 1 N–H and O–H groups in total. The van der Waals surface area contributed by atoms with Crippen molar-refractivity contribution in [1.82, 2.24) is 0 Å². The Hall–Kier alpha value is -2.10. The van der Waals surface area contributed by atoms with E-state index in [0.29, 0.717) is 17.9 Å². The largest absolute Gasteiger partial charge is 0.489 e. The summed E-state index contributed by atoms with van der Waals surface area (Å²) in [7, 11) is 0. The van der Waals surface area contributed by atoms with Gasteiger partial charge in [0.15, 0.2) is 0 Å². The minimum atomic E-state index is -1.08. The maximum absolute atomic E-state index is 13.3. The summed E-state index contributed by atoms with van der Waals surface area (Å²) in [5.41, 5.74) is 1.56. The van der Waals surface area contributed by atoms with Crippen molar-refractivity contribution in [2.45, 2.75) is 13.8 Å². The third-order valence-electron chi connectivity index (χ3n) is 2.05. The molecule has 4 heteroatoms. The number of allylic oxidation sites excluding steroid dienone is 1. The van der Waals surface area contributed by atoms with Crippen molar-refractivity contribution in [3.8, 4) is 5.75 Å². The molecule has 0 bridgehead atoms. The Labute approximate surface area is 105 Å². The van der Waals surface area contributed by atoms with Gasteiger partial charge in [-0.1, -0.05) is 5.57 Å². The normalized spacial score (nSPS) is 10.4. The number of aliphatic carboxylic acids is 1. The highest BCUT2D eigenvalue weighted by Gasteiger charge is 2.00. The number of ether oxygens (including phenoxy) is 1. The van der Waals surface area contributed by atoms with Crippen molar-refractivity contribution in [3.05, 3.63) is 47.3 Å². The molecule has 0 atom stereocenters. The topological polar surface area (TPSA) is 46.5 Å². The van der Waals surface area contributed by atoms with Crippen LogP contribution in [0, 0.1) is 5.82 Å². The molecule has 0 fully saturated rings. The van der Waals surface area contributed by atoms with Crippen LogP contribution in [0.25, 0.3) is 6.08 Å². The fourth-order valence-electron chi connectivity index (χ4n) is 1.24. The first-order valence-corrected chi connectivity index (χ1v) is 5.45. The van der Waals surface area contributed by atoms with Gasteiger partial charge in [-0.15, -0.1) is 0 Å². The second kappa shape index (κ2) is 6.59. The molecule has 0 aliphatic heterocycles. The molecule has 0 aromatic heterocycles. The number of carboxylic acid groups (broad SMARTS) is 1. The number of carboxylic acids is 1. The predicted molar refractivity (Wildman–Crippen MR) is 68.0 cm³/mol. The summed E-state index contributed by atoms with van der Waals surface area (Å²) in [5.74, 6) is -1.17. The van der Waals surface area contributed by atoms with E-state index < -0.39 is 11.8 Å². The minimum absolute atomic E-state index is 0.355. The third kappa shape index (κ3) is 5.30. The summed E-state index contributed by atoms with van der Waals surface area (Å²) in [6.45, 7) is 4.24. The van der Waals surface area contributed by atoms with E-state index in [1.807, 2.05) is 19.9 Å². The summed E-state index contributed by atoms with van der Waals surface area (Å²) < 4.78 is 18.6. The van der Waals surface area contributed by atoms with Crippen LogP contribution >= 0.6 is 0 Å². The van der Waals surface area contributed by atoms with Gasteiger partial charge in [-0.3, -0.25) is 0 Å². The van der Waals surface area contributed by atoms with Crippen molar-refractivity contribution in [2.75, 3.05) is 6.61 Å². The van der Waals surface area contributed by atoms with Gasteiger partial charge in [-0.25, -0.2) is 9.18 Å². The molecule has 18 heavy (non-hydrogen) atoms. The molecule has 0 unspecified atom stereocenters. The van der Waals surface area contributed by atoms with Gasteiger partial charge in [0.1, 0.15) is 18.2 Å². The number of carbonyl (C=O) groups is 1. The molecule has 96 valence electrons.